The number of fused-ring (bicyclic) bond motifs is 1. The molecule has 0 bridgehead atoms. The van der Waals surface area contributed by atoms with Gasteiger partial charge < -0.3 is 15.7 Å². The van der Waals surface area contributed by atoms with Crippen LogP contribution < -0.4 is 10.6 Å². The molecule has 0 unspecified atom stereocenters. The predicted octanol–water partition coefficient (Wildman–Crippen LogP) is 1.50. The summed E-state index contributed by atoms with van der Waals surface area (Å²) in [5.41, 5.74) is 0.0569. The third-order valence-corrected chi connectivity index (χ3v) is 3.90. The van der Waals surface area contributed by atoms with E-state index >= 15 is 0 Å². The van der Waals surface area contributed by atoms with Crippen LogP contribution in [0.4, 0.5) is 11.8 Å². The zero-order valence-electron chi connectivity index (χ0n) is 11.6. The van der Waals surface area contributed by atoms with Crippen LogP contribution in [0.25, 0.3) is 11.0 Å². The second kappa shape index (κ2) is 5.24. The zero-order chi connectivity index (χ0) is 14.0. The fraction of sp³-hybridized carbons (Fsp3) is 0.615. The van der Waals surface area contributed by atoms with E-state index in [4.69, 9.17) is 0 Å². The molecule has 2 aromatic heterocycles. The molecule has 0 saturated heterocycles. The minimum atomic E-state index is -0.626. The van der Waals surface area contributed by atoms with Crippen LogP contribution in [0.15, 0.2) is 6.20 Å². The van der Waals surface area contributed by atoms with E-state index in [1.807, 2.05) is 0 Å². The van der Waals surface area contributed by atoms with Crippen molar-refractivity contribution in [1.82, 2.24) is 20.2 Å². The predicted molar refractivity (Wildman–Crippen MR) is 77.8 cm³/mol. The molecule has 1 fully saturated rings. The first-order chi connectivity index (χ1) is 9.70. The minimum absolute atomic E-state index is 0.507. The van der Waals surface area contributed by atoms with Crippen molar-refractivity contribution in [3.05, 3.63) is 6.20 Å². The van der Waals surface area contributed by atoms with E-state index in [1.54, 1.807) is 13.2 Å². The molecule has 3 rings (SSSR count). The maximum Gasteiger partial charge on any atom is 0.226 e. The molecule has 20 heavy (non-hydrogen) atoms. The van der Waals surface area contributed by atoms with Crippen LogP contribution >= 0.6 is 0 Å². The number of hydrogen-bond donors (Lipinski definition) is 4. The Morgan fingerprint density at radius 2 is 2.10 bits per heavy atom. The number of rotatable bonds is 4. The fourth-order valence-electron chi connectivity index (χ4n) is 2.72. The Hall–Kier alpha value is -1.89. The van der Waals surface area contributed by atoms with Crippen molar-refractivity contribution >= 4 is 22.8 Å². The minimum Gasteiger partial charge on any atom is -0.388 e. The smallest absolute Gasteiger partial charge is 0.226 e. The number of nitrogens with one attached hydrogen (secondary N) is 3. The van der Waals surface area contributed by atoms with Crippen molar-refractivity contribution < 1.29 is 5.11 Å². The van der Waals surface area contributed by atoms with Gasteiger partial charge in [0.15, 0.2) is 5.65 Å². The van der Waals surface area contributed by atoms with E-state index in [1.165, 1.54) is 6.42 Å². The van der Waals surface area contributed by atoms with Gasteiger partial charge in [-0.15, -0.1) is 0 Å². The first kappa shape index (κ1) is 13.1. The van der Waals surface area contributed by atoms with Gasteiger partial charge in [-0.3, -0.25) is 5.10 Å². The summed E-state index contributed by atoms with van der Waals surface area (Å²) in [5.74, 6) is 1.23. The number of anilines is 2. The van der Waals surface area contributed by atoms with Crippen LogP contribution in [0.3, 0.4) is 0 Å². The molecule has 7 nitrogen and oxygen atoms in total. The Morgan fingerprint density at radius 3 is 2.85 bits per heavy atom. The van der Waals surface area contributed by atoms with E-state index in [-0.39, 0.29) is 0 Å². The summed E-state index contributed by atoms with van der Waals surface area (Å²) in [6.07, 6.45) is 6.78. The van der Waals surface area contributed by atoms with E-state index in [0.29, 0.717) is 24.0 Å². The van der Waals surface area contributed by atoms with Gasteiger partial charge in [-0.1, -0.05) is 19.3 Å². The van der Waals surface area contributed by atoms with E-state index in [0.717, 1.165) is 31.1 Å². The highest BCUT2D eigenvalue weighted by molar-refractivity contribution is 5.86. The summed E-state index contributed by atoms with van der Waals surface area (Å²) in [7, 11) is 1.77. The van der Waals surface area contributed by atoms with E-state index in [9.17, 15) is 5.11 Å². The molecular weight excluding hydrogens is 256 g/mol. The molecule has 0 aromatic carbocycles. The zero-order valence-corrected chi connectivity index (χ0v) is 11.6. The van der Waals surface area contributed by atoms with Crippen molar-refractivity contribution in [3.63, 3.8) is 0 Å². The quantitative estimate of drug-likeness (QED) is 0.675. The molecule has 1 aliphatic rings. The lowest BCUT2D eigenvalue weighted by atomic mass is 9.85. The van der Waals surface area contributed by atoms with Crippen molar-refractivity contribution in [2.24, 2.45) is 0 Å². The molecule has 108 valence electrons. The topological polar surface area (TPSA) is 98.8 Å². The van der Waals surface area contributed by atoms with Crippen molar-refractivity contribution in [2.75, 3.05) is 24.2 Å². The van der Waals surface area contributed by atoms with E-state index < -0.39 is 5.60 Å². The van der Waals surface area contributed by atoms with Crippen LogP contribution in [-0.4, -0.2) is 44.5 Å². The van der Waals surface area contributed by atoms with Gasteiger partial charge in [-0.05, 0) is 12.8 Å². The highest BCUT2D eigenvalue weighted by Crippen LogP contribution is 2.29. The van der Waals surface area contributed by atoms with Crippen LogP contribution in [-0.2, 0) is 0 Å². The molecule has 2 heterocycles. The maximum absolute atomic E-state index is 10.5. The molecular formula is C13H20N6O. The third kappa shape index (κ3) is 2.53. The molecule has 7 heteroatoms. The first-order valence-electron chi connectivity index (χ1n) is 7.05. The lowest BCUT2D eigenvalue weighted by molar-refractivity contribution is 0.0167. The summed E-state index contributed by atoms with van der Waals surface area (Å²) in [6, 6.07) is 0. The number of H-pyrrole nitrogens is 1. The summed E-state index contributed by atoms with van der Waals surface area (Å²) >= 11 is 0. The van der Waals surface area contributed by atoms with Crippen LogP contribution in [0.5, 0.6) is 0 Å². The molecule has 2 aromatic rings. The van der Waals surface area contributed by atoms with Crippen LogP contribution in [0, 0.1) is 0 Å². The van der Waals surface area contributed by atoms with Gasteiger partial charge in [0.1, 0.15) is 5.82 Å². The van der Waals surface area contributed by atoms with Gasteiger partial charge in [0.2, 0.25) is 5.95 Å². The van der Waals surface area contributed by atoms with Crippen LogP contribution in [0.1, 0.15) is 32.1 Å². The average Bonchev–Trinajstić information content (AvgIpc) is 2.93. The number of aromatic nitrogens is 4. The Labute approximate surface area is 117 Å². The normalized spacial score (nSPS) is 18.1. The summed E-state index contributed by atoms with van der Waals surface area (Å²) in [5, 5.41) is 24.4. The van der Waals surface area contributed by atoms with Gasteiger partial charge >= 0.3 is 0 Å². The second-order valence-corrected chi connectivity index (χ2v) is 5.42. The summed E-state index contributed by atoms with van der Waals surface area (Å²) < 4.78 is 0. The maximum atomic E-state index is 10.5. The Morgan fingerprint density at radius 1 is 1.30 bits per heavy atom. The molecule has 1 saturated carbocycles. The second-order valence-electron chi connectivity index (χ2n) is 5.42. The molecule has 1 aliphatic carbocycles. The number of hydrogen-bond acceptors (Lipinski definition) is 6. The fourth-order valence-corrected chi connectivity index (χ4v) is 2.72. The van der Waals surface area contributed by atoms with Crippen molar-refractivity contribution in [2.45, 2.75) is 37.7 Å². The van der Waals surface area contributed by atoms with Gasteiger partial charge in [-0.25, -0.2) is 0 Å². The average molecular weight is 276 g/mol. The lowest BCUT2D eigenvalue weighted by Gasteiger charge is -2.32. The molecule has 0 atom stereocenters. The molecule has 4 N–H and O–H groups in total. The van der Waals surface area contributed by atoms with Crippen molar-refractivity contribution in [3.8, 4) is 0 Å². The Bertz CT molecular complexity index is 590. The standard InChI is InChI=1S/C13H20N6O/c1-14-12-17-10(9-7-16-19-11(9)18-12)15-8-13(20)5-3-2-4-6-13/h7,20H,2-6,8H2,1H3,(H3,14,15,16,17,18,19). The van der Waals surface area contributed by atoms with Gasteiger partial charge in [-0.2, -0.15) is 15.1 Å². The van der Waals surface area contributed by atoms with Crippen LogP contribution in [0.2, 0.25) is 0 Å². The lowest BCUT2D eigenvalue weighted by Crippen LogP contribution is -2.39. The molecule has 0 aliphatic heterocycles. The number of aromatic amines is 1. The Balaban J connectivity index is 1.81. The highest BCUT2D eigenvalue weighted by Gasteiger charge is 2.29. The summed E-state index contributed by atoms with van der Waals surface area (Å²) in [6.45, 7) is 0.507. The highest BCUT2D eigenvalue weighted by atomic mass is 16.3. The molecule has 0 spiro atoms. The van der Waals surface area contributed by atoms with Gasteiger partial charge in [0.05, 0.1) is 17.2 Å². The van der Waals surface area contributed by atoms with E-state index in [2.05, 4.69) is 30.8 Å². The Kier molecular flexibility index (Phi) is 3.43. The SMILES string of the molecule is CNc1nc(NCC2(O)CCCCC2)c2cn[nH]c2n1. The number of aliphatic hydroxyl groups is 1. The number of nitrogens with zero attached hydrogens (tertiary/aromatic N) is 3. The van der Waals surface area contributed by atoms with Gasteiger partial charge in [0.25, 0.3) is 0 Å². The monoisotopic (exact) mass is 276 g/mol. The molecule has 0 radical (unpaired) electrons. The molecule has 0 amide bonds. The summed E-state index contributed by atoms with van der Waals surface area (Å²) in [4.78, 5) is 8.69. The third-order valence-electron chi connectivity index (χ3n) is 3.90. The first-order valence-corrected chi connectivity index (χ1v) is 7.05. The van der Waals surface area contributed by atoms with Crippen molar-refractivity contribution in [1.29, 1.82) is 0 Å². The largest absolute Gasteiger partial charge is 0.388 e. The van der Waals surface area contributed by atoms with Gasteiger partial charge in [0, 0.05) is 13.6 Å².